The molecular formula is C20H18BrN3O3S. The van der Waals surface area contributed by atoms with E-state index in [-0.39, 0.29) is 5.71 Å². The third kappa shape index (κ3) is 4.82. The minimum Gasteiger partial charge on any atom is -0.464 e. The summed E-state index contributed by atoms with van der Waals surface area (Å²) < 4.78 is 7.67. The molecule has 6 nitrogen and oxygen atoms in total. The van der Waals surface area contributed by atoms with E-state index >= 15 is 0 Å². The maximum absolute atomic E-state index is 12.1. The number of benzene rings is 2. The van der Waals surface area contributed by atoms with Crippen molar-refractivity contribution in [1.82, 2.24) is 9.78 Å². The van der Waals surface area contributed by atoms with E-state index in [1.165, 1.54) is 14.2 Å². The van der Waals surface area contributed by atoms with E-state index in [0.29, 0.717) is 11.3 Å². The Morgan fingerprint density at radius 2 is 1.89 bits per heavy atom. The summed E-state index contributed by atoms with van der Waals surface area (Å²) in [7, 11) is 2.72. The van der Waals surface area contributed by atoms with E-state index in [4.69, 9.17) is 9.57 Å². The molecule has 0 saturated carbocycles. The molecule has 0 spiro atoms. The highest BCUT2D eigenvalue weighted by Crippen LogP contribution is 2.25. The zero-order valence-electron chi connectivity index (χ0n) is 15.3. The Bertz CT molecular complexity index is 986. The van der Waals surface area contributed by atoms with Crippen molar-refractivity contribution in [3.05, 3.63) is 76.4 Å². The summed E-state index contributed by atoms with van der Waals surface area (Å²) in [6.07, 6.45) is 1.92. The number of oxime groups is 1. The number of halogens is 1. The fraction of sp³-hybridized carbons (Fsp3) is 0.150. The fourth-order valence-corrected chi connectivity index (χ4v) is 3.66. The van der Waals surface area contributed by atoms with Gasteiger partial charge in [-0.3, -0.25) is 0 Å². The summed E-state index contributed by atoms with van der Waals surface area (Å²) in [6.45, 7) is 0. The van der Waals surface area contributed by atoms with Gasteiger partial charge in [0.15, 0.2) is 5.71 Å². The molecule has 3 rings (SSSR count). The maximum Gasteiger partial charge on any atom is 0.360 e. The minimum absolute atomic E-state index is 0.140. The van der Waals surface area contributed by atoms with Crippen LogP contribution >= 0.6 is 27.7 Å². The van der Waals surface area contributed by atoms with E-state index in [0.717, 1.165) is 20.7 Å². The van der Waals surface area contributed by atoms with Gasteiger partial charge >= 0.3 is 5.97 Å². The smallest absolute Gasteiger partial charge is 0.360 e. The van der Waals surface area contributed by atoms with Gasteiger partial charge in [0.2, 0.25) is 0 Å². The van der Waals surface area contributed by atoms with Gasteiger partial charge in [-0.05, 0) is 35.9 Å². The number of carbonyl (C=O) groups is 1. The van der Waals surface area contributed by atoms with Crippen molar-refractivity contribution in [1.29, 1.82) is 0 Å². The molecule has 0 aliphatic rings. The number of methoxy groups -OCH3 is 1. The van der Waals surface area contributed by atoms with Crippen LogP contribution < -0.4 is 0 Å². The van der Waals surface area contributed by atoms with Crippen LogP contribution in [0.4, 0.5) is 0 Å². The van der Waals surface area contributed by atoms with Crippen molar-refractivity contribution in [2.45, 2.75) is 10.8 Å². The van der Waals surface area contributed by atoms with E-state index in [1.807, 2.05) is 65.5 Å². The highest BCUT2D eigenvalue weighted by atomic mass is 79.9. The molecule has 28 heavy (non-hydrogen) atoms. The summed E-state index contributed by atoms with van der Waals surface area (Å²) in [5.74, 6) is 0.0755. The molecule has 0 aliphatic heterocycles. The molecule has 2 aromatic carbocycles. The first kappa shape index (κ1) is 20.2. The second kappa shape index (κ2) is 9.57. The predicted molar refractivity (Wildman–Crippen MR) is 113 cm³/mol. The van der Waals surface area contributed by atoms with Crippen LogP contribution in [0.25, 0.3) is 5.69 Å². The lowest BCUT2D eigenvalue weighted by Crippen LogP contribution is -2.19. The molecule has 0 bridgehead atoms. The summed E-state index contributed by atoms with van der Waals surface area (Å²) >= 11 is 5.01. The van der Waals surface area contributed by atoms with Crippen LogP contribution in [0.3, 0.4) is 0 Å². The van der Waals surface area contributed by atoms with Gasteiger partial charge in [0, 0.05) is 22.0 Å². The first-order chi connectivity index (χ1) is 13.6. The molecule has 0 unspecified atom stereocenters. The van der Waals surface area contributed by atoms with Crippen LogP contribution in [-0.2, 0) is 20.1 Å². The first-order valence-corrected chi connectivity index (χ1v) is 10.1. The lowest BCUT2D eigenvalue weighted by atomic mass is 10.0. The number of thioether (sulfide) groups is 1. The average Bonchev–Trinajstić information content (AvgIpc) is 3.20. The third-order valence-corrected chi connectivity index (χ3v) is 5.36. The molecule has 0 amide bonds. The summed E-state index contributed by atoms with van der Waals surface area (Å²) in [6, 6.07) is 17.4. The van der Waals surface area contributed by atoms with E-state index in [1.54, 1.807) is 11.8 Å². The fourth-order valence-electron chi connectivity index (χ4n) is 2.54. The van der Waals surface area contributed by atoms with E-state index < -0.39 is 5.97 Å². The van der Waals surface area contributed by atoms with Gasteiger partial charge in [-0.2, -0.15) is 5.10 Å². The molecule has 0 saturated heterocycles. The molecule has 0 atom stereocenters. The van der Waals surface area contributed by atoms with Crippen LogP contribution in [0.15, 0.2) is 75.4 Å². The van der Waals surface area contributed by atoms with Gasteiger partial charge in [0.25, 0.3) is 0 Å². The van der Waals surface area contributed by atoms with Crippen molar-refractivity contribution < 1.29 is 14.4 Å². The molecule has 0 radical (unpaired) electrons. The largest absolute Gasteiger partial charge is 0.464 e. The number of carbonyl (C=O) groups excluding carboxylic acids is 1. The number of hydrogen-bond donors (Lipinski definition) is 0. The predicted octanol–water partition coefficient (Wildman–Crippen LogP) is 4.45. The second-order valence-electron chi connectivity index (χ2n) is 5.63. The molecule has 1 aromatic heterocycles. The Morgan fingerprint density at radius 3 is 2.61 bits per heavy atom. The van der Waals surface area contributed by atoms with Crippen molar-refractivity contribution in [2.24, 2.45) is 5.16 Å². The van der Waals surface area contributed by atoms with Crippen LogP contribution in [0.5, 0.6) is 0 Å². The van der Waals surface area contributed by atoms with Crippen LogP contribution in [0.1, 0.15) is 11.1 Å². The Morgan fingerprint density at radius 1 is 1.14 bits per heavy atom. The van der Waals surface area contributed by atoms with Crippen LogP contribution in [0, 0.1) is 0 Å². The van der Waals surface area contributed by atoms with Gasteiger partial charge < -0.3 is 9.57 Å². The van der Waals surface area contributed by atoms with Crippen molar-refractivity contribution in [2.75, 3.05) is 14.2 Å². The summed E-state index contributed by atoms with van der Waals surface area (Å²) in [4.78, 5) is 16.9. The Balaban J connectivity index is 1.78. The van der Waals surface area contributed by atoms with Gasteiger partial charge in [-0.15, -0.1) is 0 Å². The van der Waals surface area contributed by atoms with Crippen molar-refractivity contribution in [3.8, 4) is 5.69 Å². The molecule has 1 heterocycles. The zero-order valence-corrected chi connectivity index (χ0v) is 17.7. The van der Waals surface area contributed by atoms with Gasteiger partial charge in [-0.25, -0.2) is 9.48 Å². The summed E-state index contributed by atoms with van der Waals surface area (Å²) in [5, 5.41) is 9.32. The zero-order chi connectivity index (χ0) is 19.9. The lowest BCUT2D eigenvalue weighted by molar-refractivity contribution is -0.132. The average molecular weight is 460 g/mol. The molecule has 3 aromatic rings. The molecule has 0 N–H and O–H groups in total. The Hall–Kier alpha value is -2.58. The monoisotopic (exact) mass is 459 g/mol. The Labute approximate surface area is 175 Å². The molecule has 0 aliphatic carbocycles. The number of esters is 1. The number of hydrogen-bond acceptors (Lipinski definition) is 6. The number of nitrogens with zero attached hydrogens (tertiary/aromatic N) is 3. The van der Waals surface area contributed by atoms with Crippen molar-refractivity contribution in [3.63, 3.8) is 0 Å². The third-order valence-electron chi connectivity index (χ3n) is 3.87. The normalized spacial score (nSPS) is 11.3. The topological polar surface area (TPSA) is 65.7 Å². The van der Waals surface area contributed by atoms with Crippen LogP contribution in [-0.4, -0.2) is 35.7 Å². The van der Waals surface area contributed by atoms with Crippen LogP contribution in [0.2, 0.25) is 0 Å². The first-order valence-electron chi connectivity index (χ1n) is 8.34. The number of ether oxygens (including phenoxy) is 1. The standard InChI is InChI=1S/C20H18BrN3O3S/c1-26-20(25)19(23-27-2)17-6-4-3-5-14(17)13-28-18-11-12-24(22-18)16-9-7-15(21)8-10-16/h3-12H,13H2,1-2H3. The van der Waals surface area contributed by atoms with E-state index in [9.17, 15) is 4.79 Å². The SMILES string of the molecule is CON=C(C(=O)OC)c1ccccc1CSc1ccn(-c2ccc(Br)cc2)n1. The maximum atomic E-state index is 12.1. The lowest BCUT2D eigenvalue weighted by Gasteiger charge is -2.09. The Kier molecular flexibility index (Phi) is 6.89. The highest BCUT2D eigenvalue weighted by Gasteiger charge is 2.19. The molecule has 0 fully saturated rings. The number of rotatable bonds is 7. The van der Waals surface area contributed by atoms with Gasteiger partial charge in [0.1, 0.15) is 12.1 Å². The quantitative estimate of drug-likeness (QED) is 0.226. The van der Waals surface area contributed by atoms with Gasteiger partial charge in [0.05, 0.1) is 12.8 Å². The molecule has 8 heteroatoms. The van der Waals surface area contributed by atoms with Gasteiger partial charge in [-0.1, -0.05) is 57.1 Å². The second-order valence-corrected chi connectivity index (χ2v) is 7.55. The van der Waals surface area contributed by atoms with Crippen molar-refractivity contribution >= 4 is 39.4 Å². The summed E-state index contributed by atoms with van der Waals surface area (Å²) in [5.41, 5.74) is 2.74. The molecule has 144 valence electrons. The highest BCUT2D eigenvalue weighted by molar-refractivity contribution is 9.10. The number of aromatic nitrogens is 2. The minimum atomic E-state index is -0.543. The van der Waals surface area contributed by atoms with E-state index in [2.05, 4.69) is 26.2 Å². The molecular weight excluding hydrogens is 442 g/mol.